The number of nitrogens with one attached hydrogen (secondary N) is 1. The lowest BCUT2D eigenvalue weighted by Crippen LogP contribution is -2.44. The number of ether oxygens (including phenoxy) is 1. The molecule has 0 heterocycles. The maximum atomic E-state index is 6.01. The van der Waals surface area contributed by atoms with Crippen LogP contribution in [-0.4, -0.2) is 19.2 Å². The Kier molecular flexibility index (Phi) is 4.86. The predicted octanol–water partition coefficient (Wildman–Crippen LogP) is 3.38. The molecule has 3 heteroatoms. The van der Waals surface area contributed by atoms with Crippen LogP contribution in [0.2, 0.25) is 0 Å². The first-order valence-electron chi connectivity index (χ1n) is 7.22. The number of benzene rings is 2. The second kappa shape index (κ2) is 6.64. The maximum absolute atomic E-state index is 6.01. The van der Waals surface area contributed by atoms with Crippen LogP contribution in [0.3, 0.4) is 0 Å². The van der Waals surface area contributed by atoms with Crippen molar-refractivity contribution in [3.63, 3.8) is 0 Å². The number of hydrogen-bond acceptors (Lipinski definition) is 3. The number of methoxy groups -OCH3 is 1. The fourth-order valence-corrected chi connectivity index (χ4v) is 2.43. The summed E-state index contributed by atoms with van der Waals surface area (Å²) in [6, 6.07) is 16.5. The lowest BCUT2D eigenvalue weighted by atomic mass is 9.92. The van der Waals surface area contributed by atoms with Gasteiger partial charge in [0.1, 0.15) is 5.75 Å². The highest BCUT2D eigenvalue weighted by atomic mass is 16.5. The van der Waals surface area contributed by atoms with Crippen molar-refractivity contribution in [3.05, 3.63) is 59.7 Å². The summed E-state index contributed by atoms with van der Waals surface area (Å²) in [5, 5.41) is 3.57. The van der Waals surface area contributed by atoms with Crippen molar-refractivity contribution in [3.8, 4) is 5.75 Å². The molecule has 1 unspecified atom stereocenters. The standard InChI is InChI=1S/C18H24N2O/c1-14-5-4-6-16(11-14)20-18(2,13-19)12-15-7-9-17(21-3)10-8-15/h4-11,20H,12-13,19H2,1-3H3. The first-order chi connectivity index (χ1) is 10.0. The van der Waals surface area contributed by atoms with Crippen LogP contribution in [0.25, 0.3) is 0 Å². The average Bonchev–Trinajstić information content (AvgIpc) is 2.48. The molecule has 0 saturated heterocycles. The summed E-state index contributed by atoms with van der Waals surface area (Å²) in [7, 11) is 1.68. The van der Waals surface area contributed by atoms with Crippen LogP contribution >= 0.6 is 0 Å². The Bertz CT molecular complexity index is 580. The molecular formula is C18H24N2O. The molecule has 3 nitrogen and oxygen atoms in total. The van der Waals surface area contributed by atoms with E-state index in [0.717, 1.165) is 17.9 Å². The topological polar surface area (TPSA) is 47.3 Å². The molecule has 0 saturated carbocycles. The lowest BCUT2D eigenvalue weighted by Gasteiger charge is -2.31. The van der Waals surface area contributed by atoms with Crippen LogP contribution in [0.4, 0.5) is 5.69 Å². The Morgan fingerprint density at radius 3 is 2.43 bits per heavy atom. The van der Waals surface area contributed by atoms with Gasteiger partial charge in [-0.25, -0.2) is 0 Å². The zero-order chi connectivity index (χ0) is 15.3. The second-order valence-electron chi connectivity index (χ2n) is 5.78. The van der Waals surface area contributed by atoms with Gasteiger partial charge in [0, 0.05) is 12.2 Å². The Balaban J connectivity index is 2.12. The van der Waals surface area contributed by atoms with Crippen molar-refractivity contribution in [2.45, 2.75) is 25.8 Å². The maximum Gasteiger partial charge on any atom is 0.118 e. The Morgan fingerprint density at radius 1 is 1.14 bits per heavy atom. The quantitative estimate of drug-likeness (QED) is 0.855. The molecule has 0 aliphatic rings. The molecule has 2 rings (SSSR count). The van der Waals surface area contributed by atoms with Crippen molar-refractivity contribution < 1.29 is 4.74 Å². The molecule has 0 aromatic heterocycles. The highest BCUT2D eigenvalue weighted by Gasteiger charge is 2.22. The minimum absolute atomic E-state index is 0.178. The zero-order valence-corrected chi connectivity index (χ0v) is 13.0. The van der Waals surface area contributed by atoms with E-state index < -0.39 is 0 Å². The Hall–Kier alpha value is -2.00. The summed E-state index contributed by atoms with van der Waals surface area (Å²) < 4.78 is 5.19. The fraction of sp³-hybridized carbons (Fsp3) is 0.333. The van der Waals surface area contributed by atoms with Crippen LogP contribution in [0.1, 0.15) is 18.1 Å². The molecule has 3 N–H and O–H groups in total. The normalized spacial score (nSPS) is 13.5. The van der Waals surface area contributed by atoms with E-state index in [1.54, 1.807) is 7.11 Å². The van der Waals surface area contributed by atoms with Crippen LogP contribution in [-0.2, 0) is 6.42 Å². The first kappa shape index (κ1) is 15.4. The molecule has 0 spiro atoms. The van der Waals surface area contributed by atoms with Gasteiger partial charge in [-0.05, 0) is 55.7 Å². The molecule has 2 aromatic rings. The molecule has 112 valence electrons. The molecule has 0 aliphatic carbocycles. The zero-order valence-electron chi connectivity index (χ0n) is 13.0. The van der Waals surface area contributed by atoms with Gasteiger partial charge < -0.3 is 15.8 Å². The van der Waals surface area contributed by atoms with Crippen LogP contribution in [0.15, 0.2) is 48.5 Å². The Labute approximate surface area is 127 Å². The third-order valence-electron chi connectivity index (χ3n) is 3.67. The highest BCUT2D eigenvalue weighted by Crippen LogP contribution is 2.21. The van der Waals surface area contributed by atoms with Gasteiger partial charge >= 0.3 is 0 Å². The van der Waals surface area contributed by atoms with E-state index >= 15 is 0 Å². The van der Waals surface area contributed by atoms with Crippen molar-refractivity contribution in [1.29, 1.82) is 0 Å². The molecule has 2 aromatic carbocycles. The Morgan fingerprint density at radius 2 is 1.86 bits per heavy atom. The van der Waals surface area contributed by atoms with E-state index in [1.165, 1.54) is 11.1 Å². The van der Waals surface area contributed by atoms with Gasteiger partial charge in [-0.3, -0.25) is 0 Å². The van der Waals surface area contributed by atoms with Gasteiger partial charge in [0.2, 0.25) is 0 Å². The largest absolute Gasteiger partial charge is 0.497 e. The number of rotatable bonds is 6. The van der Waals surface area contributed by atoms with Crippen molar-refractivity contribution >= 4 is 5.69 Å². The number of nitrogens with two attached hydrogens (primary N) is 1. The van der Waals surface area contributed by atoms with E-state index in [-0.39, 0.29) is 5.54 Å². The van der Waals surface area contributed by atoms with Gasteiger partial charge in [0.25, 0.3) is 0 Å². The number of anilines is 1. The molecule has 0 amide bonds. The monoisotopic (exact) mass is 284 g/mol. The number of hydrogen-bond donors (Lipinski definition) is 2. The van der Waals surface area contributed by atoms with E-state index in [1.807, 2.05) is 12.1 Å². The molecule has 1 atom stereocenters. The highest BCUT2D eigenvalue weighted by molar-refractivity contribution is 5.48. The first-order valence-corrected chi connectivity index (χ1v) is 7.22. The summed E-state index contributed by atoms with van der Waals surface area (Å²) in [6.45, 7) is 4.81. The van der Waals surface area contributed by atoms with Crippen LogP contribution in [0, 0.1) is 6.92 Å². The predicted molar refractivity (Wildman–Crippen MR) is 89.0 cm³/mol. The molecule has 21 heavy (non-hydrogen) atoms. The van der Waals surface area contributed by atoms with Crippen LogP contribution in [0.5, 0.6) is 5.75 Å². The second-order valence-corrected chi connectivity index (χ2v) is 5.78. The van der Waals surface area contributed by atoms with E-state index in [0.29, 0.717) is 6.54 Å². The van der Waals surface area contributed by atoms with Crippen molar-refractivity contribution in [1.82, 2.24) is 0 Å². The van der Waals surface area contributed by atoms with Crippen LogP contribution < -0.4 is 15.8 Å². The minimum atomic E-state index is -0.178. The third-order valence-corrected chi connectivity index (χ3v) is 3.67. The minimum Gasteiger partial charge on any atom is -0.497 e. The smallest absolute Gasteiger partial charge is 0.118 e. The van der Waals surface area contributed by atoms with Gasteiger partial charge in [-0.1, -0.05) is 24.3 Å². The van der Waals surface area contributed by atoms with Gasteiger partial charge in [0.05, 0.1) is 12.6 Å². The SMILES string of the molecule is COc1ccc(CC(C)(CN)Nc2cccc(C)c2)cc1. The summed E-state index contributed by atoms with van der Waals surface area (Å²) in [5.74, 6) is 0.875. The summed E-state index contributed by atoms with van der Waals surface area (Å²) in [4.78, 5) is 0. The van der Waals surface area contributed by atoms with Crippen molar-refractivity contribution in [2.24, 2.45) is 5.73 Å². The van der Waals surface area contributed by atoms with Gasteiger partial charge in [-0.2, -0.15) is 0 Å². The summed E-state index contributed by atoms with van der Waals surface area (Å²) in [5.41, 5.74) is 9.42. The fourth-order valence-electron chi connectivity index (χ4n) is 2.43. The molecule has 0 radical (unpaired) electrons. The molecule has 0 bridgehead atoms. The third kappa shape index (κ3) is 4.23. The lowest BCUT2D eigenvalue weighted by molar-refractivity contribution is 0.414. The average molecular weight is 284 g/mol. The summed E-state index contributed by atoms with van der Waals surface area (Å²) in [6.07, 6.45) is 0.863. The van der Waals surface area contributed by atoms with E-state index in [2.05, 4.69) is 55.6 Å². The molecule has 0 aliphatic heterocycles. The molecule has 0 fully saturated rings. The van der Waals surface area contributed by atoms with Crippen molar-refractivity contribution in [2.75, 3.05) is 19.0 Å². The van der Waals surface area contributed by atoms with E-state index in [4.69, 9.17) is 10.5 Å². The number of aryl methyl sites for hydroxylation is 1. The van der Waals surface area contributed by atoms with E-state index in [9.17, 15) is 0 Å². The van der Waals surface area contributed by atoms with Gasteiger partial charge in [0.15, 0.2) is 0 Å². The van der Waals surface area contributed by atoms with Gasteiger partial charge in [-0.15, -0.1) is 0 Å². The summed E-state index contributed by atoms with van der Waals surface area (Å²) >= 11 is 0. The molecular weight excluding hydrogens is 260 g/mol.